The molecule has 90 valence electrons. The van der Waals surface area contributed by atoms with E-state index in [2.05, 4.69) is 5.16 Å². The lowest BCUT2D eigenvalue weighted by Gasteiger charge is -2.05. The number of rotatable bonds is 3. The molecular weight excluding hydrogens is 230 g/mol. The first-order valence-electron chi connectivity index (χ1n) is 5.33. The number of aromatic carboxylic acids is 1. The lowest BCUT2D eigenvalue weighted by Crippen LogP contribution is -2.04. The van der Waals surface area contributed by atoms with Crippen LogP contribution >= 0.6 is 0 Å². The Labute approximate surface area is 104 Å². The summed E-state index contributed by atoms with van der Waals surface area (Å²) >= 11 is 0. The number of benzene rings is 2. The molecule has 4 nitrogen and oxygen atoms in total. The van der Waals surface area contributed by atoms with Gasteiger partial charge in [-0.1, -0.05) is 47.6 Å². The predicted octanol–water partition coefficient (Wildman–Crippen LogP) is 2.61. The third-order valence-electron chi connectivity index (χ3n) is 2.55. The van der Waals surface area contributed by atoms with Gasteiger partial charge in [0.1, 0.15) is 5.71 Å². The maximum Gasteiger partial charge on any atom is 0.335 e. The van der Waals surface area contributed by atoms with Crippen LogP contribution in [-0.2, 0) is 0 Å². The summed E-state index contributed by atoms with van der Waals surface area (Å²) in [7, 11) is 0. The second-order valence-electron chi connectivity index (χ2n) is 3.70. The molecule has 0 radical (unpaired) electrons. The third-order valence-corrected chi connectivity index (χ3v) is 2.55. The Morgan fingerprint density at radius 2 is 1.33 bits per heavy atom. The summed E-state index contributed by atoms with van der Waals surface area (Å²) in [5.74, 6) is -0.983. The van der Waals surface area contributed by atoms with E-state index in [4.69, 9.17) is 10.3 Å². The Bertz CT molecular complexity index is 574. The molecule has 0 spiro atoms. The Kier molecular flexibility index (Phi) is 3.38. The van der Waals surface area contributed by atoms with Crippen LogP contribution in [0.2, 0.25) is 0 Å². The van der Waals surface area contributed by atoms with Crippen molar-refractivity contribution < 1.29 is 15.1 Å². The van der Waals surface area contributed by atoms with Crippen molar-refractivity contribution >= 4 is 11.7 Å². The van der Waals surface area contributed by atoms with Gasteiger partial charge in [0.2, 0.25) is 0 Å². The fourth-order valence-electron chi connectivity index (χ4n) is 1.65. The maximum atomic E-state index is 10.7. The van der Waals surface area contributed by atoms with E-state index in [0.717, 1.165) is 5.56 Å². The first-order chi connectivity index (χ1) is 8.72. The number of carboxylic acids is 1. The largest absolute Gasteiger partial charge is 0.478 e. The minimum Gasteiger partial charge on any atom is -0.478 e. The van der Waals surface area contributed by atoms with E-state index in [1.165, 1.54) is 12.1 Å². The lowest BCUT2D eigenvalue weighted by molar-refractivity contribution is 0.0697. The highest BCUT2D eigenvalue weighted by Gasteiger charge is 2.08. The van der Waals surface area contributed by atoms with E-state index < -0.39 is 5.97 Å². The molecule has 0 atom stereocenters. The van der Waals surface area contributed by atoms with Crippen molar-refractivity contribution in [2.45, 2.75) is 0 Å². The van der Waals surface area contributed by atoms with Gasteiger partial charge in [0.25, 0.3) is 0 Å². The van der Waals surface area contributed by atoms with Gasteiger partial charge in [0.15, 0.2) is 0 Å². The van der Waals surface area contributed by atoms with Gasteiger partial charge in [0, 0.05) is 11.1 Å². The Morgan fingerprint density at radius 1 is 0.833 bits per heavy atom. The van der Waals surface area contributed by atoms with Gasteiger partial charge >= 0.3 is 5.97 Å². The molecule has 0 bridgehead atoms. The van der Waals surface area contributed by atoms with Crippen LogP contribution in [0.15, 0.2) is 59.8 Å². The second kappa shape index (κ2) is 5.14. The Hall–Kier alpha value is -2.62. The van der Waals surface area contributed by atoms with Crippen molar-refractivity contribution in [3.63, 3.8) is 0 Å². The summed E-state index contributed by atoms with van der Waals surface area (Å²) in [6.07, 6.45) is 0. The molecule has 0 saturated heterocycles. The predicted molar refractivity (Wildman–Crippen MR) is 67.3 cm³/mol. The van der Waals surface area contributed by atoms with Crippen molar-refractivity contribution in [2.75, 3.05) is 0 Å². The number of oxime groups is 1. The molecule has 2 N–H and O–H groups in total. The van der Waals surface area contributed by atoms with Crippen molar-refractivity contribution in [2.24, 2.45) is 5.16 Å². The van der Waals surface area contributed by atoms with Crippen LogP contribution in [0.25, 0.3) is 0 Å². The van der Waals surface area contributed by atoms with E-state index >= 15 is 0 Å². The molecule has 0 aliphatic carbocycles. The number of hydrogen-bond donors (Lipinski definition) is 2. The summed E-state index contributed by atoms with van der Waals surface area (Å²) in [5.41, 5.74) is 2.04. The standard InChI is InChI=1S/C14H11NO3/c16-14(17)12-8-6-11(7-9-12)13(15-18)10-4-2-1-3-5-10/h1-9,18H,(H,16,17). The first-order valence-corrected chi connectivity index (χ1v) is 5.33. The average Bonchev–Trinajstić information content (AvgIpc) is 2.41. The van der Waals surface area contributed by atoms with Crippen molar-refractivity contribution in [3.05, 3.63) is 71.3 Å². The third kappa shape index (κ3) is 2.38. The molecule has 0 heterocycles. The van der Waals surface area contributed by atoms with E-state index in [0.29, 0.717) is 11.3 Å². The molecule has 0 aromatic heterocycles. The van der Waals surface area contributed by atoms with Crippen LogP contribution in [0.3, 0.4) is 0 Å². The van der Waals surface area contributed by atoms with Gasteiger partial charge in [-0.3, -0.25) is 0 Å². The van der Waals surface area contributed by atoms with Crippen LogP contribution in [0.5, 0.6) is 0 Å². The van der Waals surface area contributed by atoms with Crippen LogP contribution in [-0.4, -0.2) is 22.0 Å². The zero-order valence-corrected chi connectivity index (χ0v) is 9.45. The minimum absolute atomic E-state index is 0.198. The normalized spacial score (nSPS) is 11.2. The van der Waals surface area contributed by atoms with E-state index in [1.807, 2.05) is 30.3 Å². The van der Waals surface area contributed by atoms with Crippen LogP contribution in [0.1, 0.15) is 21.5 Å². The smallest absolute Gasteiger partial charge is 0.335 e. The number of carbonyl (C=O) groups is 1. The van der Waals surface area contributed by atoms with Gasteiger partial charge in [-0.25, -0.2) is 4.79 Å². The molecular formula is C14H11NO3. The quantitative estimate of drug-likeness (QED) is 0.493. The summed E-state index contributed by atoms with van der Waals surface area (Å²) in [4.78, 5) is 10.7. The van der Waals surface area contributed by atoms with Gasteiger partial charge in [-0.2, -0.15) is 0 Å². The molecule has 2 aromatic rings. The summed E-state index contributed by atoms with van der Waals surface area (Å²) in [6.45, 7) is 0. The molecule has 0 aliphatic heterocycles. The summed E-state index contributed by atoms with van der Waals surface area (Å²) < 4.78 is 0. The van der Waals surface area contributed by atoms with Crippen molar-refractivity contribution in [1.82, 2.24) is 0 Å². The highest BCUT2D eigenvalue weighted by atomic mass is 16.4. The van der Waals surface area contributed by atoms with Crippen LogP contribution in [0.4, 0.5) is 0 Å². The highest BCUT2D eigenvalue weighted by molar-refractivity contribution is 6.12. The summed E-state index contributed by atoms with van der Waals surface area (Å²) in [5, 5.41) is 21.2. The summed E-state index contributed by atoms with van der Waals surface area (Å²) in [6, 6.07) is 15.4. The molecule has 0 aliphatic rings. The fourth-order valence-corrected chi connectivity index (χ4v) is 1.65. The zero-order valence-electron chi connectivity index (χ0n) is 9.45. The van der Waals surface area contributed by atoms with Gasteiger partial charge in [-0.15, -0.1) is 0 Å². The van der Waals surface area contributed by atoms with E-state index in [-0.39, 0.29) is 5.56 Å². The Balaban J connectivity index is 2.38. The fraction of sp³-hybridized carbons (Fsp3) is 0. The van der Waals surface area contributed by atoms with Gasteiger partial charge in [-0.05, 0) is 12.1 Å². The number of nitrogens with zero attached hydrogens (tertiary/aromatic N) is 1. The maximum absolute atomic E-state index is 10.7. The van der Waals surface area contributed by atoms with E-state index in [9.17, 15) is 4.79 Å². The first kappa shape index (κ1) is 11.9. The molecule has 4 heteroatoms. The second-order valence-corrected chi connectivity index (χ2v) is 3.70. The zero-order chi connectivity index (χ0) is 13.0. The van der Waals surface area contributed by atoms with Crippen molar-refractivity contribution in [1.29, 1.82) is 0 Å². The molecule has 2 aromatic carbocycles. The number of carboxylic acid groups (broad SMARTS) is 1. The number of hydrogen-bond acceptors (Lipinski definition) is 3. The Morgan fingerprint density at radius 3 is 1.83 bits per heavy atom. The van der Waals surface area contributed by atoms with Gasteiger partial charge in [0.05, 0.1) is 5.56 Å². The molecule has 0 saturated carbocycles. The van der Waals surface area contributed by atoms with Crippen LogP contribution in [0, 0.1) is 0 Å². The van der Waals surface area contributed by atoms with Crippen molar-refractivity contribution in [3.8, 4) is 0 Å². The lowest BCUT2D eigenvalue weighted by atomic mass is 10.0. The molecule has 2 rings (SSSR count). The monoisotopic (exact) mass is 241 g/mol. The van der Waals surface area contributed by atoms with E-state index in [1.54, 1.807) is 12.1 Å². The topological polar surface area (TPSA) is 69.9 Å². The van der Waals surface area contributed by atoms with Gasteiger partial charge < -0.3 is 10.3 Å². The minimum atomic E-state index is -0.983. The average molecular weight is 241 g/mol. The SMILES string of the molecule is O=C(O)c1ccc(C(=NO)c2ccccc2)cc1. The highest BCUT2D eigenvalue weighted by Crippen LogP contribution is 2.12. The van der Waals surface area contributed by atoms with Crippen LogP contribution < -0.4 is 0 Å². The molecule has 0 unspecified atom stereocenters. The molecule has 0 amide bonds. The molecule has 18 heavy (non-hydrogen) atoms. The molecule has 0 fully saturated rings.